The minimum Gasteiger partial charge on any atom is -0.481 e. The molecule has 3 nitrogen and oxygen atoms in total. The molecule has 0 spiro atoms. The molecule has 0 aromatic carbocycles. The molecule has 0 aromatic rings. The molecule has 0 radical (unpaired) electrons. The van der Waals surface area contributed by atoms with E-state index < -0.39 is 22.8 Å². The zero-order valence-electron chi connectivity index (χ0n) is 6.05. The smallest absolute Gasteiger partial charge is 0.306 e. The number of aliphatic hydroxyl groups excluding tert-OH is 1. The van der Waals surface area contributed by atoms with E-state index in [-0.39, 0.29) is 0 Å². The van der Waals surface area contributed by atoms with Crippen molar-refractivity contribution >= 4 is 29.2 Å². The third-order valence-electron chi connectivity index (χ3n) is 1.26. The molecule has 0 aromatic heterocycles. The highest BCUT2D eigenvalue weighted by Crippen LogP contribution is 2.30. The molecule has 0 fully saturated rings. The molecule has 0 aliphatic heterocycles. The molecule has 0 aliphatic rings. The second-order valence-electron chi connectivity index (χ2n) is 2.26. The second kappa shape index (κ2) is 4.14. The van der Waals surface area contributed by atoms with Gasteiger partial charge in [-0.05, 0) is 6.42 Å². The molecular formula is C6H10Cl2O3. The molecular weight excluding hydrogens is 191 g/mol. The van der Waals surface area contributed by atoms with Gasteiger partial charge in [0.2, 0.25) is 0 Å². The van der Waals surface area contributed by atoms with E-state index in [9.17, 15) is 4.79 Å². The average Bonchev–Trinajstić information content (AvgIpc) is 1.83. The third-order valence-corrected chi connectivity index (χ3v) is 2.03. The van der Waals surface area contributed by atoms with E-state index >= 15 is 0 Å². The van der Waals surface area contributed by atoms with Crippen LogP contribution in [0.15, 0.2) is 0 Å². The lowest BCUT2D eigenvalue weighted by Gasteiger charge is -2.22. The van der Waals surface area contributed by atoms with Crippen LogP contribution < -0.4 is 0 Å². The molecule has 0 saturated carbocycles. The number of hydrogen-bond acceptors (Lipinski definition) is 2. The molecule has 11 heavy (non-hydrogen) atoms. The summed E-state index contributed by atoms with van der Waals surface area (Å²) in [7, 11) is 0. The van der Waals surface area contributed by atoms with E-state index in [1.807, 2.05) is 0 Å². The summed E-state index contributed by atoms with van der Waals surface area (Å²) in [5.41, 5.74) is 0. The summed E-state index contributed by atoms with van der Waals surface area (Å²) < 4.78 is -1.57. The molecule has 2 N–H and O–H groups in total. The highest BCUT2D eigenvalue weighted by atomic mass is 35.5. The van der Waals surface area contributed by atoms with Crippen LogP contribution in [0.2, 0.25) is 0 Å². The molecule has 1 unspecified atom stereocenters. The summed E-state index contributed by atoms with van der Waals surface area (Å²) in [5, 5.41) is 17.4. The highest BCUT2D eigenvalue weighted by Gasteiger charge is 2.34. The number of alkyl halides is 2. The van der Waals surface area contributed by atoms with Gasteiger partial charge >= 0.3 is 5.97 Å². The van der Waals surface area contributed by atoms with Gasteiger partial charge in [-0.15, -0.1) is 0 Å². The number of hydrogen-bond donors (Lipinski definition) is 2. The van der Waals surface area contributed by atoms with Crippen molar-refractivity contribution in [3.8, 4) is 0 Å². The van der Waals surface area contributed by atoms with Gasteiger partial charge in [0.15, 0.2) is 4.33 Å². The summed E-state index contributed by atoms with van der Waals surface area (Å²) in [4.78, 5) is 10.2. The Labute approximate surface area is 74.9 Å². The first-order valence-corrected chi connectivity index (χ1v) is 3.93. The number of aliphatic carboxylic acids is 1. The topological polar surface area (TPSA) is 57.5 Å². The zero-order valence-corrected chi connectivity index (χ0v) is 7.56. The number of halogens is 2. The van der Waals surface area contributed by atoms with Crippen molar-refractivity contribution in [2.24, 2.45) is 0 Å². The van der Waals surface area contributed by atoms with Crippen LogP contribution in [0, 0.1) is 0 Å². The lowest BCUT2D eigenvalue weighted by molar-refractivity contribution is -0.137. The van der Waals surface area contributed by atoms with E-state index in [1.165, 1.54) is 0 Å². The molecule has 0 heterocycles. The average molecular weight is 201 g/mol. The number of rotatable bonds is 4. The van der Waals surface area contributed by atoms with Crippen LogP contribution >= 0.6 is 23.2 Å². The van der Waals surface area contributed by atoms with E-state index in [1.54, 1.807) is 6.92 Å². The highest BCUT2D eigenvalue weighted by molar-refractivity contribution is 6.49. The van der Waals surface area contributed by atoms with E-state index in [2.05, 4.69) is 0 Å². The molecule has 0 aliphatic carbocycles. The Hall–Kier alpha value is 0.01000. The molecule has 0 rings (SSSR count). The number of carboxylic acids is 1. The van der Waals surface area contributed by atoms with Crippen molar-refractivity contribution in [3.05, 3.63) is 0 Å². The van der Waals surface area contributed by atoms with Gasteiger partial charge in [0.1, 0.15) is 0 Å². The van der Waals surface area contributed by atoms with Crippen LogP contribution in [-0.2, 0) is 4.79 Å². The Morgan fingerprint density at radius 1 is 1.64 bits per heavy atom. The number of carbonyl (C=O) groups is 1. The van der Waals surface area contributed by atoms with Crippen LogP contribution in [0.4, 0.5) is 0 Å². The summed E-state index contributed by atoms with van der Waals surface area (Å²) in [5.74, 6) is -1.12. The summed E-state index contributed by atoms with van der Waals surface area (Å²) in [6.07, 6.45) is -1.12. The van der Waals surface area contributed by atoms with Crippen molar-refractivity contribution in [1.82, 2.24) is 0 Å². The van der Waals surface area contributed by atoms with Crippen molar-refractivity contribution in [3.63, 3.8) is 0 Å². The Morgan fingerprint density at radius 2 is 2.09 bits per heavy atom. The fourth-order valence-corrected chi connectivity index (χ4v) is 1.16. The molecule has 0 bridgehead atoms. The Kier molecular flexibility index (Phi) is 4.14. The van der Waals surface area contributed by atoms with E-state index in [0.29, 0.717) is 6.42 Å². The summed E-state index contributed by atoms with van der Waals surface area (Å²) in [6.45, 7) is 1.67. The minimum absolute atomic E-state index is 0.334. The standard InChI is InChI=1S/C6H10Cl2O3/c1-2-4(9)6(7,8)3-5(10)11/h4,9H,2-3H2,1H3,(H,10,11). The van der Waals surface area contributed by atoms with Gasteiger partial charge in [-0.25, -0.2) is 0 Å². The number of aliphatic hydroxyl groups is 1. The summed E-state index contributed by atoms with van der Waals surface area (Å²) in [6, 6.07) is 0. The van der Waals surface area contributed by atoms with Gasteiger partial charge in [-0.3, -0.25) is 4.79 Å². The Bertz CT molecular complexity index is 147. The predicted molar refractivity (Wildman–Crippen MR) is 43.0 cm³/mol. The van der Waals surface area contributed by atoms with Crippen LogP contribution in [-0.4, -0.2) is 26.6 Å². The Balaban J connectivity index is 4.08. The first-order valence-electron chi connectivity index (χ1n) is 3.18. The minimum atomic E-state index is -1.57. The SMILES string of the molecule is CCC(O)C(Cl)(Cl)CC(=O)O. The van der Waals surface area contributed by atoms with Crippen LogP contribution in [0.5, 0.6) is 0 Å². The molecule has 5 heteroatoms. The zero-order chi connectivity index (χ0) is 9.07. The fourth-order valence-electron chi connectivity index (χ4n) is 0.618. The van der Waals surface area contributed by atoms with Crippen molar-refractivity contribution in [2.75, 3.05) is 0 Å². The number of carboxylic acid groups (broad SMARTS) is 1. The van der Waals surface area contributed by atoms with E-state index in [4.69, 9.17) is 33.4 Å². The molecule has 0 amide bonds. The van der Waals surface area contributed by atoms with Crippen LogP contribution in [0.3, 0.4) is 0 Å². The Morgan fingerprint density at radius 3 is 2.36 bits per heavy atom. The van der Waals surface area contributed by atoms with Gasteiger partial charge in [0.05, 0.1) is 12.5 Å². The lowest BCUT2D eigenvalue weighted by Crippen LogP contribution is -2.32. The normalized spacial score (nSPS) is 14.5. The monoisotopic (exact) mass is 200 g/mol. The first kappa shape index (κ1) is 11.0. The quantitative estimate of drug-likeness (QED) is 0.676. The molecule has 1 atom stereocenters. The second-order valence-corrected chi connectivity index (χ2v) is 3.80. The van der Waals surface area contributed by atoms with Gasteiger partial charge in [0, 0.05) is 0 Å². The first-order chi connectivity index (χ1) is 4.90. The van der Waals surface area contributed by atoms with Crippen LogP contribution in [0.1, 0.15) is 19.8 Å². The van der Waals surface area contributed by atoms with Gasteiger partial charge < -0.3 is 10.2 Å². The van der Waals surface area contributed by atoms with E-state index in [0.717, 1.165) is 0 Å². The maximum Gasteiger partial charge on any atom is 0.306 e. The largest absolute Gasteiger partial charge is 0.481 e. The maximum absolute atomic E-state index is 10.2. The van der Waals surface area contributed by atoms with Crippen molar-refractivity contribution in [1.29, 1.82) is 0 Å². The third kappa shape index (κ3) is 3.79. The predicted octanol–water partition coefficient (Wildman–Crippen LogP) is 1.41. The van der Waals surface area contributed by atoms with Gasteiger partial charge in [-0.1, -0.05) is 30.1 Å². The summed E-state index contributed by atoms with van der Waals surface area (Å²) >= 11 is 11.0. The maximum atomic E-state index is 10.2. The van der Waals surface area contributed by atoms with Gasteiger partial charge in [0.25, 0.3) is 0 Å². The molecule has 0 saturated heterocycles. The molecule has 66 valence electrons. The van der Waals surface area contributed by atoms with Gasteiger partial charge in [-0.2, -0.15) is 0 Å². The lowest BCUT2D eigenvalue weighted by atomic mass is 10.1. The van der Waals surface area contributed by atoms with Crippen molar-refractivity contribution < 1.29 is 15.0 Å². The van der Waals surface area contributed by atoms with Crippen LogP contribution in [0.25, 0.3) is 0 Å². The van der Waals surface area contributed by atoms with Crippen molar-refractivity contribution in [2.45, 2.75) is 30.2 Å². The fraction of sp³-hybridized carbons (Fsp3) is 0.833.